The molecule has 0 aliphatic carbocycles. The lowest BCUT2D eigenvalue weighted by atomic mass is 10.3. The predicted molar refractivity (Wildman–Crippen MR) is 89.4 cm³/mol. The van der Waals surface area contributed by atoms with Gasteiger partial charge >= 0.3 is 0 Å². The van der Waals surface area contributed by atoms with E-state index in [0.717, 1.165) is 15.4 Å². The lowest BCUT2D eigenvalue weighted by Crippen LogP contribution is -2.31. The second-order valence-corrected chi connectivity index (χ2v) is 7.16. The first-order valence-electron chi connectivity index (χ1n) is 6.78. The van der Waals surface area contributed by atoms with Crippen LogP contribution in [0.4, 0.5) is 0 Å². The van der Waals surface area contributed by atoms with Gasteiger partial charge in [0, 0.05) is 12.4 Å². The van der Waals surface area contributed by atoms with E-state index in [0.29, 0.717) is 11.9 Å². The number of hydrogen-bond donors (Lipinski definition) is 0. The summed E-state index contributed by atoms with van der Waals surface area (Å²) < 4.78 is 2.41. The van der Waals surface area contributed by atoms with Crippen molar-refractivity contribution in [3.05, 3.63) is 50.7 Å². The maximum Gasteiger partial charge on any atom is 0.268 e. The topological polar surface area (TPSA) is 55.2 Å². The van der Waals surface area contributed by atoms with Crippen LogP contribution in [0.5, 0.6) is 0 Å². The number of rotatable bonds is 4. The van der Waals surface area contributed by atoms with Gasteiger partial charge in [-0.15, -0.1) is 11.3 Å². The Morgan fingerprint density at radius 1 is 1.36 bits per heavy atom. The minimum atomic E-state index is -0.105. The molecule has 114 valence electrons. The highest BCUT2D eigenvalue weighted by Crippen LogP contribution is 2.16. The predicted octanol–water partition coefficient (Wildman–Crippen LogP) is 2.49. The fourth-order valence-electron chi connectivity index (χ4n) is 2.18. The zero-order valence-corrected chi connectivity index (χ0v) is 13.9. The van der Waals surface area contributed by atoms with Crippen LogP contribution in [-0.4, -0.2) is 26.8 Å². The van der Waals surface area contributed by atoms with Crippen LogP contribution >= 0.6 is 22.9 Å². The third-order valence-corrected chi connectivity index (χ3v) is 5.21. The Kier molecular flexibility index (Phi) is 4.08. The second kappa shape index (κ2) is 6.02. The minimum Gasteiger partial charge on any atom is -0.338 e. The first-order chi connectivity index (χ1) is 10.5. The number of thiazole rings is 1. The number of nitrogens with zero attached hydrogens (tertiary/aromatic N) is 3. The molecule has 0 fully saturated rings. The van der Waals surface area contributed by atoms with E-state index < -0.39 is 0 Å². The van der Waals surface area contributed by atoms with E-state index in [1.807, 2.05) is 30.5 Å². The van der Waals surface area contributed by atoms with Gasteiger partial charge in [0.1, 0.15) is 6.54 Å². The fraction of sp³-hybridized carbons (Fsp3) is 0.267. The van der Waals surface area contributed by atoms with Crippen molar-refractivity contribution < 1.29 is 4.79 Å². The van der Waals surface area contributed by atoms with Crippen LogP contribution < -0.4 is 5.56 Å². The van der Waals surface area contributed by atoms with Crippen LogP contribution in [0.25, 0.3) is 10.1 Å². The van der Waals surface area contributed by atoms with Crippen molar-refractivity contribution in [2.75, 3.05) is 7.05 Å². The molecule has 3 rings (SSSR count). The summed E-state index contributed by atoms with van der Waals surface area (Å²) in [5.41, 5.74) is 0.772. The molecule has 2 heterocycles. The number of hydrogen-bond acceptors (Lipinski definition) is 5. The molecule has 0 spiro atoms. The highest BCUT2D eigenvalue weighted by atomic mass is 32.1. The lowest BCUT2D eigenvalue weighted by molar-refractivity contribution is -0.130. The largest absolute Gasteiger partial charge is 0.338 e. The Morgan fingerprint density at radius 3 is 2.82 bits per heavy atom. The van der Waals surface area contributed by atoms with E-state index in [-0.39, 0.29) is 18.0 Å². The Labute approximate surface area is 135 Å². The van der Waals surface area contributed by atoms with E-state index in [9.17, 15) is 9.59 Å². The van der Waals surface area contributed by atoms with E-state index >= 15 is 0 Å². The molecule has 1 aromatic carbocycles. The molecule has 2 aromatic heterocycles. The summed E-state index contributed by atoms with van der Waals surface area (Å²) in [5.74, 6) is -0.0979. The SMILES string of the molecule is Cc1nc(CN(C)C(=O)Cn2sc3ccccc3c2=O)cs1. The van der Waals surface area contributed by atoms with Crippen LogP contribution in [-0.2, 0) is 17.9 Å². The molecule has 0 aliphatic rings. The van der Waals surface area contributed by atoms with Gasteiger partial charge < -0.3 is 4.90 Å². The summed E-state index contributed by atoms with van der Waals surface area (Å²) in [6, 6.07) is 7.40. The van der Waals surface area contributed by atoms with Gasteiger partial charge in [-0.2, -0.15) is 0 Å². The van der Waals surface area contributed by atoms with Gasteiger partial charge in [0.25, 0.3) is 5.56 Å². The van der Waals surface area contributed by atoms with Crippen molar-refractivity contribution in [2.45, 2.75) is 20.0 Å². The summed E-state index contributed by atoms with van der Waals surface area (Å²) in [6.45, 7) is 2.47. The molecule has 1 amide bonds. The molecule has 3 aromatic rings. The first-order valence-corrected chi connectivity index (χ1v) is 8.44. The molecular weight excluding hydrogens is 318 g/mol. The molecule has 0 unspecified atom stereocenters. The summed E-state index contributed by atoms with van der Waals surface area (Å²) in [5, 5.41) is 3.60. The van der Waals surface area contributed by atoms with E-state index in [1.54, 1.807) is 29.4 Å². The van der Waals surface area contributed by atoms with Crippen molar-refractivity contribution in [1.82, 2.24) is 13.8 Å². The zero-order valence-electron chi connectivity index (χ0n) is 12.3. The number of amides is 1. The molecule has 0 aliphatic heterocycles. The second-order valence-electron chi connectivity index (χ2n) is 5.04. The van der Waals surface area contributed by atoms with Crippen LogP contribution in [0.3, 0.4) is 0 Å². The average Bonchev–Trinajstić information content (AvgIpc) is 3.04. The van der Waals surface area contributed by atoms with Crippen LogP contribution in [0.2, 0.25) is 0 Å². The van der Waals surface area contributed by atoms with Crippen molar-refractivity contribution in [2.24, 2.45) is 0 Å². The van der Waals surface area contributed by atoms with Gasteiger partial charge in [-0.25, -0.2) is 4.98 Å². The number of aromatic nitrogens is 2. The molecule has 0 saturated heterocycles. The molecule has 5 nitrogen and oxygen atoms in total. The van der Waals surface area contributed by atoms with E-state index in [2.05, 4.69) is 4.98 Å². The van der Waals surface area contributed by atoms with Gasteiger partial charge in [0.2, 0.25) is 5.91 Å². The highest BCUT2D eigenvalue weighted by Gasteiger charge is 2.15. The van der Waals surface area contributed by atoms with E-state index in [1.165, 1.54) is 15.5 Å². The number of carbonyl (C=O) groups is 1. The normalized spacial score (nSPS) is 11.0. The van der Waals surface area contributed by atoms with Gasteiger partial charge in [0.05, 0.1) is 27.3 Å². The van der Waals surface area contributed by atoms with Crippen LogP contribution in [0.1, 0.15) is 10.7 Å². The van der Waals surface area contributed by atoms with Gasteiger partial charge in [0.15, 0.2) is 0 Å². The maximum absolute atomic E-state index is 12.3. The molecular formula is C15H15N3O2S2. The number of likely N-dealkylation sites (N-methyl/N-ethyl adjacent to an activating group) is 1. The zero-order chi connectivity index (χ0) is 15.7. The summed E-state index contributed by atoms with van der Waals surface area (Å²) >= 11 is 2.89. The molecule has 0 radical (unpaired) electrons. The third kappa shape index (κ3) is 2.95. The first kappa shape index (κ1) is 14.9. The Morgan fingerprint density at radius 2 is 2.14 bits per heavy atom. The van der Waals surface area contributed by atoms with Gasteiger partial charge in [-0.05, 0) is 19.1 Å². The summed E-state index contributed by atoms with van der Waals surface area (Å²) in [4.78, 5) is 30.5. The number of carbonyl (C=O) groups excluding carboxylic acids is 1. The molecule has 0 bridgehead atoms. The highest BCUT2D eigenvalue weighted by molar-refractivity contribution is 7.13. The molecule has 0 N–H and O–H groups in total. The van der Waals surface area contributed by atoms with E-state index in [4.69, 9.17) is 0 Å². The molecule has 0 atom stereocenters. The van der Waals surface area contributed by atoms with Crippen LogP contribution in [0, 0.1) is 6.92 Å². The van der Waals surface area contributed by atoms with Crippen molar-refractivity contribution in [3.8, 4) is 0 Å². The summed E-state index contributed by atoms with van der Waals surface area (Å²) in [6.07, 6.45) is 0. The monoisotopic (exact) mass is 333 g/mol. The van der Waals surface area contributed by atoms with Crippen LogP contribution in [0.15, 0.2) is 34.4 Å². The standard InChI is InChI=1S/C15H15N3O2S2/c1-10-16-11(9-21-10)7-17(2)14(19)8-18-15(20)12-5-3-4-6-13(12)22-18/h3-6,9H,7-8H2,1-2H3. The fourth-order valence-corrected chi connectivity index (χ4v) is 3.77. The number of aryl methyl sites for hydroxylation is 1. The smallest absolute Gasteiger partial charge is 0.268 e. The minimum absolute atomic E-state index is 0.0673. The van der Waals surface area contributed by atoms with Gasteiger partial charge in [-0.3, -0.25) is 13.5 Å². The quantitative estimate of drug-likeness (QED) is 0.737. The van der Waals surface area contributed by atoms with Crippen molar-refractivity contribution in [1.29, 1.82) is 0 Å². The Balaban J connectivity index is 1.75. The average molecular weight is 333 g/mol. The number of fused-ring (bicyclic) bond motifs is 1. The third-order valence-electron chi connectivity index (χ3n) is 3.32. The maximum atomic E-state index is 12.3. The summed E-state index contributed by atoms with van der Waals surface area (Å²) in [7, 11) is 1.73. The van der Waals surface area contributed by atoms with Crippen molar-refractivity contribution >= 4 is 38.9 Å². The Bertz CT molecular complexity index is 878. The lowest BCUT2D eigenvalue weighted by Gasteiger charge is -2.15. The molecule has 22 heavy (non-hydrogen) atoms. The molecule has 0 saturated carbocycles. The molecule has 7 heteroatoms. The number of benzene rings is 1. The van der Waals surface area contributed by atoms with Crippen molar-refractivity contribution in [3.63, 3.8) is 0 Å². The Hall–Kier alpha value is -1.99. The van der Waals surface area contributed by atoms with Gasteiger partial charge in [-0.1, -0.05) is 23.7 Å².